The molecule has 1 aromatic rings. The second-order valence-corrected chi connectivity index (χ2v) is 4.51. The van der Waals surface area contributed by atoms with E-state index < -0.39 is 5.97 Å². The van der Waals surface area contributed by atoms with Crippen LogP contribution < -0.4 is 4.90 Å². The molecule has 0 radical (unpaired) electrons. The Morgan fingerprint density at radius 2 is 2.16 bits per heavy atom. The second kappa shape index (κ2) is 6.33. The van der Waals surface area contributed by atoms with E-state index >= 15 is 0 Å². The van der Waals surface area contributed by atoms with Crippen LogP contribution in [-0.2, 0) is 4.79 Å². The quantitative estimate of drug-likeness (QED) is 0.828. The molecule has 1 saturated heterocycles. The van der Waals surface area contributed by atoms with Gasteiger partial charge in [0.25, 0.3) is 0 Å². The molecule has 0 amide bonds. The molecule has 0 atom stereocenters. The van der Waals surface area contributed by atoms with E-state index in [0.717, 1.165) is 50.2 Å². The average Bonchev–Trinajstić information content (AvgIpc) is 2.45. The Bertz CT molecular complexity index is 466. The zero-order valence-electron chi connectivity index (χ0n) is 11.1. The number of piperazine rings is 1. The number of hydrogen-bond donors (Lipinski definition) is 1. The van der Waals surface area contributed by atoms with Gasteiger partial charge in [-0.05, 0) is 24.8 Å². The summed E-state index contributed by atoms with van der Waals surface area (Å²) in [5, 5.41) is 8.72. The van der Waals surface area contributed by atoms with Gasteiger partial charge in [0.15, 0.2) is 0 Å². The summed E-state index contributed by atoms with van der Waals surface area (Å²) in [7, 11) is 0. The number of hydrogen-bond acceptors (Lipinski definition) is 4. The van der Waals surface area contributed by atoms with Crippen molar-refractivity contribution in [1.82, 2.24) is 9.88 Å². The maximum atomic E-state index is 10.6. The van der Waals surface area contributed by atoms with Gasteiger partial charge in [0.05, 0.1) is 0 Å². The van der Waals surface area contributed by atoms with Crippen LogP contribution in [-0.4, -0.2) is 53.7 Å². The van der Waals surface area contributed by atoms with Gasteiger partial charge in [-0.2, -0.15) is 0 Å². The smallest absolute Gasteiger partial charge is 0.328 e. The SMILES string of the molecule is CCN1CCN(c2ncccc2/C=C/C(=O)O)CC1. The highest BCUT2D eigenvalue weighted by Crippen LogP contribution is 2.20. The molecule has 0 aromatic carbocycles. The van der Waals surface area contributed by atoms with Gasteiger partial charge in [-0.15, -0.1) is 0 Å². The fourth-order valence-corrected chi connectivity index (χ4v) is 2.24. The first kappa shape index (κ1) is 13.5. The summed E-state index contributed by atoms with van der Waals surface area (Å²) >= 11 is 0. The fraction of sp³-hybridized carbons (Fsp3) is 0.429. The molecule has 1 aliphatic heterocycles. The van der Waals surface area contributed by atoms with Gasteiger partial charge >= 0.3 is 5.97 Å². The number of aromatic nitrogens is 1. The lowest BCUT2D eigenvalue weighted by Gasteiger charge is -2.35. The molecular weight excluding hydrogens is 242 g/mol. The Kier molecular flexibility index (Phi) is 4.52. The Labute approximate surface area is 113 Å². The van der Waals surface area contributed by atoms with Crippen molar-refractivity contribution in [2.75, 3.05) is 37.6 Å². The molecule has 0 saturated carbocycles. The highest BCUT2D eigenvalue weighted by atomic mass is 16.4. The molecule has 5 nitrogen and oxygen atoms in total. The Morgan fingerprint density at radius 1 is 1.42 bits per heavy atom. The van der Waals surface area contributed by atoms with Crippen molar-refractivity contribution in [1.29, 1.82) is 0 Å². The number of anilines is 1. The van der Waals surface area contributed by atoms with Crippen molar-refractivity contribution in [3.63, 3.8) is 0 Å². The highest BCUT2D eigenvalue weighted by molar-refractivity contribution is 5.86. The zero-order chi connectivity index (χ0) is 13.7. The summed E-state index contributed by atoms with van der Waals surface area (Å²) in [5.41, 5.74) is 0.856. The first-order valence-corrected chi connectivity index (χ1v) is 6.54. The second-order valence-electron chi connectivity index (χ2n) is 4.51. The molecule has 2 heterocycles. The molecule has 2 rings (SSSR count). The summed E-state index contributed by atoms with van der Waals surface area (Å²) in [6, 6.07) is 3.72. The maximum absolute atomic E-state index is 10.6. The number of aliphatic carboxylic acids is 1. The minimum atomic E-state index is -0.939. The van der Waals surface area contributed by atoms with E-state index in [1.807, 2.05) is 12.1 Å². The molecule has 0 bridgehead atoms. The highest BCUT2D eigenvalue weighted by Gasteiger charge is 2.18. The summed E-state index contributed by atoms with van der Waals surface area (Å²) < 4.78 is 0. The van der Waals surface area contributed by atoms with Gasteiger partial charge in [-0.25, -0.2) is 9.78 Å². The Morgan fingerprint density at radius 3 is 2.79 bits per heavy atom. The van der Waals surface area contributed by atoms with Crippen LogP contribution in [0.5, 0.6) is 0 Å². The fourth-order valence-electron chi connectivity index (χ4n) is 2.24. The first-order valence-electron chi connectivity index (χ1n) is 6.54. The molecule has 5 heteroatoms. The van der Waals surface area contributed by atoms with Crippen molar-refractivity contribution in [2.45, 2.75) is 6.92 Å². The maximum Gasteiger partial charge on any atom is 0.328 e. The number of carbonyl (C=O) groups is 1. The van der Waals surface area contributed by atoms with Crippen LogP contribution in [0.3, 0.4) is 0 Å². The van der Waals surface area contributed by atoms with Gasteiger partial charge in [0, 0.05) is 44.0 Å². The van der Waals surface area contributed by atoms with E-state index in [0.29, 0.717) is 0 Å². The van der Waals surface area contributed by atoms with Gasteiger partial charge in [-0.1, -0.05) is 6.92 Å². The largest absolute Gasteiger partial charge is 0.478 e. The lowest BCUT2D eigenvalue weighted by molar-refractivity contribution is -0.131. The van der Waals surface area contributed by atoms with E-state index in [-0.39, 0.29) is 0 Å². The Balaban J connectivity index is 2.14. The third-order valence-electron chi connectivity index (χ3n) is 3.34. The summed E-state index contributed by atoms with van der Waals surface area (Å²) in [6.07, 6.45) is 4.51. The third kappa shape index (κ3) is 3.54. The van der Waals surface area contributed by atoms with E-state index in [4.69, 9.17) is 5.11 Å². The van der Waals surface area contributed by atoms with Crippen LogP contribution >= 0.6 is 0 Å². The molecular formula is C14H19N3O2. The zero-order valence-corrected chi connectivity index (χ0v) is 11.1. The normalized spacial score (nSPS) is 17.0. The van der Waals surface area contributed by atoms with E-state index in [2.05, 4.69) is 21.7 Å². The third-order valence-corrected chi connectivity index (χ3v) is 3.34. The van der Waals surface area contributed by atoms with Crippen LogP contribution in [0.2, 0.25) is 0 Å². The molecule has 0 spiro atoms. The van der Waals surface area contributed by atoms with Gasteiger partial charge in [0.1, 0.15) is 5.82 Å². The van der Waals surface area contributed by atoms with Gasteiger partial charge < -0.3 is 14.9 Å². The molecule has 1 N–H and O–H groups in total. The number of likely N-dealkylation sites (N-methyl/N-ethyl adjacent to an activating group) is 1. The molecule has 1 aromatic heterocycles. The van der Waals surface area contributed by atoms with Crippen molar-refractivity contribution in [3.8, 4) is 0 Å². The van der Waals surface area contributed by atoms with Crippen LogP contribution in [0.4, 0.5) is 5.82 Å². The molecule has 0 unspecified atom stereocenters. The standard InChI is InChI=1S/C14H19N3O2/c1-2-16-8-10-17(11-9-16)14-12(4-3-7-15-14)5-6-13(18)19/h3-7H,2,8-11H2,1H3,(H,18,19)/b6-5+. The molecule has 1 aliphatic rings. The molecule has 0 aliphatic carbocycles. The van der Waals surface area contributed by atoms with Crippen molar-refractivity contribution in [3.05, 3.63) is 30.0 Å². The van der Waals surface area contributed by atoms with Crippen LogP contribution in [0.15, 0.2) is 24.4 Å². The van der Waals surface area contributed by atoms with Gasteiger partial charge in [0.2, 0.25) is 0 Å². The molecule has 102 valence electrons. The summed E-state index contributed by atoms with van der Waals surface area (Å²) in [4.78, 5) is 19.6. The van der Waals surface area contributed by atoms with Gasteiger partial charge in [-0.3, -0.25) is 0 Å². The van der Waals surface area contributed by atoms with Crippen molar-refractivity contribution >= 4 is 17.9 Å². The monoisotopic (exact) mass is 261 g/mol. The lowest BCUT2D eigenvalue weighted by Crippen LogP contribution is -2.46. The number of rotatable bonds is 4. The number of nitrogens with zero attached hydrogens (tertiary/aromatic N) is 3. The van der Waals surface area contributed by atoms with Crippen LogP contribution in [0.1, 0.15) is 12.5 Å². The van der Waals surface area contributed by atoms with Crippen molar-refractivity contribution in [2.24, 2.45) is 0 Å². The predicted molar refractivity (Wildman–Crippen MR) is 75.2 cm³/mol. The van der Waals surface area contributed by atoms with E-state index in [1.54, 1.807) is 12.3 Å². The summed E-state index contributed by atoms with van der Waals surface area (Å²) in [6.45, 7) is 7.14. The average molecular weight is 261 g/mol. The molecule has 19 heavy (non-hydrogen) atoms. The van der Waals surface area contributed by atoms with Crippen LogP contribution in [0, 0.1) is 0 Å². The molecule has 1 fully saturated rings. The number of carboxylic acid groups (broad SMARTS) is 1. The lowest BCUT2D eigenvalue weighted by atomic mass is 10.2. The predicted octanol–water partition coefficient (Wildman–Crippen LogP) is 1.32. The van der Waals surface area contributed by atoms with E-state index in [9.17, 15) is 4.79 Å². The Hall–Kier alpha value is -1.88. The summed E-state index contributed by atoms with van der Waals surface area (Å²) in [5.74, 6) is -0.0682. The van der Waals surface area contributed by atoms with Crippen molar-refractivity contribution < 1.29 is 9.90 Å². The van der Waals surface area contributed by atoms with Crippen LogP contribution in [0.25, 0.3) is 6.08 Å². The van der Waals surface area contributed by atoms with E-state index in [1.165, 1.54) is 0 Å². The number of pyridine rings is 1. The minimum Gasteiger partial charge on any atom is -0.478 e. The topological polar surface area (TPSA) is 56.7 Å². The minimum absolute atomic E-state index is 0.856. The first-order chi connectivity index (χ1) is 9.20. The number of carboxylic acids is 1.